The van der Waals surface area contributed by atoms with E-state index < -0.39 is 0 Å². The van der Waals surface area contributed by atoms with Crippen molar-refractivity contribution in [3.63, 3.8) is 0 Å². The van der Waals surface area contributed by atoms with Crippen LogP contribution in [0.2, 0.25) is 0 Å². The first-order chi connectivity index (χ1) is 8.35. The molecule has 0 aliphatic carbocycles. The van der Waals surface area contributed by atoms with Crippen molar-refractivity contribution in [2.75, 3.05) is 30.9 Å². The van der Waals surface area contributed by atoms with Crippen molar-refractivity contribution in [1.82, 2.24) is 0 Å². The Morgan fingerprint density at radius 1 is 1.33 bits per heavy atom. The third-order valence-electron chi connectivity index (χ3n) is 3.07. The molecular formula is C15H23N3. The average Bonchev–Trinajstić information content (AvgIpc) is 2.31. The normalized spacial score (nSPS) is 10.9. The highest BCUT2D eigenvalue weighted by atomic mass is 15.1. The monoisotopic (exact) mass is 245 g/mol. The van der Waals surface area contributed by atoms with E-state index in [0.717, 1.165) is 18.7 Å². The molecule has 0 aliphatic rings. The second-order valence-electron chi connectivity index (χ2n) is 5.57. The molecule has 0 unspecified atom stereocenters. The Labute approximate surface area is 110 Å². The zero-order chi connectivity index (χ0) is 13.8. The molecule has 0 spiro atoms. The van der Waals surface area contributed by atoms with E-state index in [1.807, 2.05) is 27.9 Å². The molecule has 98 valence electrons. The number of nitrogens with zero attached hydrogens (tertiary/aromatic N) is 2. The standard InChI is InChI=1S/C15H23N3/c1-12-6-7-13(10-14(12)18(4)5)17-9-8-15(2,3)11-16/h6-7,10,17H,8-9H2,1-5H3. The molecule has 0 bridgehead atoms. The third kappa shape index (κ3) is 3.96. The molecule has 0 aliphatic heterocycles. The summed E-state index contributed by atoms with van der Waals surface area (Å²) in [5.41, 5.74) is 3.34. The van der Waals surface area contributed by atoms with Gasteiger partial charge in [-0.25, -0.2) is 0 Å². The van der Waals surface area contributed by atoms with Crippen LogP contribution in [0.3, 0.4) is 0 Å². The van der Waals surface area contributed by atoms with Crippen molar-refractivity contribution >= 4 is 11.4 Å². The highest BCUT2D eigenvalue weighted by Gasteiger charge is 2.15. The van der Waals surface area contributed by atoms with Crippen LogP contribution < -0.4 is 10.2 Å². The van der Waals surface area contributed by atoms with Crippen LogP contribution in [0, 0.1) is 23.7 Å². The maximum Gasteiger partial charge on any atom is 0.0684 e. The molecule has 1 N–H and O–H groups in total. The van der Waals surface area contributed by atoms with Gasteiger partial charge in [0.25, 0.3) is 0 Å². The fourth-order valence-electron chi connectivity index (χ4n) is 1.78. The second kappa shape index (κ2) is 5.77. The minimum atomic E-state index is -0.262. The molecular weight excluding hydrogens is 222 g/mol. The first kappa shape index (κ1) is 14.4. The molecule has 0 heterocycles. The van der Waals surface area contributed by atoms with E-state index in [2.05, 4.69) is 41.4 Å². The molecule has 1 aromatic rings. The van der Waals surface area contributed by atoms with E-state index >= 15 is 0 Å². The summed E-state index contributed by atoms with van der Waals surface area (Å²) in [5.74, 6) is 0. The number of hydrogen-bond donors (Lipinski definition) is 1. The third-order valence-corrected chi connectivity index (χ3v) is 3.07. The maximum atomic E-state index is 8.96. The van der Waals surface area contributed by atoms with Crippen molar-refractivity contribution in [3.8, 4) is 6.07 Å². The van der Waals surface area contributed by atoms with Gasteiger partial charge in [-0.3, -0.25) is 0 Å². The molecule has 0 atom stereocenters. The quantitative estimate of drug-likeness (QED) is 0.864. The molecule has 1 rings (SSSR count). The summed E-state index contributed by atoms with van der Waals surface area (Å²) < 4.78 is 0. The minimum Gasteiger partial charge on any atom is -0.385 e. The highest BCUT2D eigenvalue weighted by Crippen LogP contribution is 2.23. The zero-order valence-corrected chi connectivity index (χ0v) is 12.0. The number of aryl methyl sites for hydroxylation is 1. The van der Waals surface area contributed by atoms with Gasteiger partial charge in [0.1, 0.15) is 0 Å². The van der Waals surface area contributed by atoms with Gasteiger partial charge in [-0.05, 0) is 44.9 Å². The zero-order valence-electron chi connectivity index (χ0n) is 12.0. The van der Waals surface area contributed by atoms with Crippen LogP contribution in [0.5, 0.6) is 0 Å². The first-order valence-corrected chi connectivity index (χ1v) is 6.29. The van der Waals surface area contributed by atoms with Gasteiger partial charge in [0, 0.05) is 32.0 Å². The number of hydrogen-bond acceptors (Lipinski definition) is 3. The van der Waals surface area contributed by atoms with Crippen molar-refractivity contribution < 1.29 is 0 Å². The van der Waals surface area contributed by atoms with Gasteiger partial charge in [0.05, 0.1) is 11.5 Å². The largest absolute Gasteiger partial charge is 0.385 e. The average molecular weight is 245 g/mol. The molecule has 0 fully saturated rings. The highest BCUT2D eigenvalue weighted by molar-refractivity contribution is 5.61. The summed E-state index contributed by atoms with van der Waals surface area (Å²) in [4.78, 5) is 2.11. The molecule has 0 saturated heterocycles. The lowest BCUT2D eigenvalue weighted by atomic mass is 9.91. The fourth-order valence-corrected chi connectivity index (χ4v) is 1.78. The van der Waals surface area contributed by atoms with E-state index in [1.54, 1.807) is 0 Å². The molecule has 0 saturated carbocycles. The molecule has 3 heteroatoms. The van der Waals surface area contributed by atoms with Crippen LogP contribution in [0.1, 0.15) is 25.8 Å². The van der Waals surface area contributed by atoms with Crippen molar-refractivity contribution in [3.05, 3.63) is 23.8 Å². The van der Waals surface area contributed by atoms with Crippen LogP contribution in [-0.2, 0) is 0 Å². The van der Waals surface area contributed by atoms with Gasteiger partial charge in [-0.1, -0.05) is 6.07 Å². The molecule has 18 heavy (non-hydrogen) atoms. The lowest BCUT2D eigenvalue weighted by molar-refractivity contribution is 0.466. The summed E-state index contributed by atoms with van der Waals surface area (Å²) in [6.07, 6.45) is 0.842. The fraction of sp³-hybridized carbons (Fsp3) is 0.533. The van der Waals surface area contributed by atoms with Gasteiger partial charge in [0.15, 0.2) is 0 Å². The molecule has 1 aromatic carbocycles. The Bertz CT molecular complexity index is 442. The second-order valence-corrected chi connectivity index (χ2v) is 5.57. The maximum absolute atomic E-state index is 8.96. The van der Waals surface area contributed by atoms with Crippen molar-refractivity contribution in [2.45, 2.75) is 27.2 Å². The predicted molar refractivity (Wildman–Crippen MR) is 78.0 cm³/mol. The molecule has 0 radical (unpaired) electrons. The van der Waals surface area contributed by atoms with Crippen LogP contribution in [-0.4, -0.2) is 20.6 Å². The molecule has 0 amide bonds. The number of anilines is 2. The SMILES string of the molecule is Cc1ccc(NCCC(C)(C)C#N)cc1N(C)C. The van der Waals surface area contributed by atoms with Crippen LogP contribution >= 0.6 is 0 Å². The Balaban J connectivity index is 2.64. The van der Waals surface area contributed by atoms with Gasteiger partial charge in [-0.15, -0.1) is 0 Å². The van der Waals surface area contributed by atoms with E-state index in [9.17, 15) is 0 Å². The minimum absolute atomic E-state index is 0.262. The number of nitriles is 1. The van der Waals surface area contributed by atoms with E-state index in [4.69, 9.17) is 5.26 Å². The Morgan fingerprint density at radius 3 is 2.56 bits per heavy atom. The van der Waals surface area contributed by atoms with E-state index in [1.165, 1.54) is 11.3 Å². The molecule has 3 nitrogen and oxygen atoms in total. The molecule has 0 aromatic heterocycles. The van der Waals surface area contributed by atoms with Gasteiger partial charge in [0.2, 0.25) is 0 Å². The van der Waals surface area contributed by atoms with Crippen molar-refractivity contribution in [2.24, 2.45) is 5.41 Å². The van der Waals surface area contributed by atoms with Crippen LogP contribution in [0.4, 0.5) is 11.4 Å². The van der Waals surface area contributed by atoms with E-state index in [-0.39, 0.29) is 5.41 Å². The summed E-state index contributed by atoms with van der Waals surface area (Å²) in [6, 6.07) is 8.67. The summed E-state index contributed by atoms with van der Waals surface area (Å²) in [6.45, 7) is 6.86. The topological polar surface area (TPSA) is 39.1 Å². The van der Waals surface area contributed by atoms with Gasteiger partial charge < -0.3 is 10.2 Å². The van der Waals surface area contributed by atoms with Gasteiger partial charge >= 0.3 is 0 Å². The first-order valence-electron chi connectivity index (χ1n) is 6.29. The van der Waals surface area contributed by atoms with Crippen molar-refractivity contribution in [1.29, 1.82) is 5.26 Å². The number of nitrogens with one attached hydrogen (secondary N) is 1. The predicted octanol–water partition coefficient (Wildman–Crippen LogP) is 3.41. The van der Waals surface area contributed by atoms with E-state index in [0.29, 0.717) is 0 Å². The number of benzene rings is 1. The Kier molecular flexibility index (Phi) is 4.61. The Hall–Kier alpha value is -1.69. The smallest absolute Gasteiger partial charge is 0.0684 e. The van der Waals surface area contributed by atoms with Gasteiger partial charge in [-0.2, -0.15) is 5.26 Å². The lowest BCUT2D eigenvalue weighted by Crippen LogP contribution is -2.15. The lowest BCUT2D eigenvalue weighted by Gasteiger charge is -2.19. The Morgan fingerprint density at radius 2 is 2.00 bits per heavy atom. The summed E-state index contributed by atoms with van der Waals surface area (Å²) >= 11 is 0. The van der Waals surface area contributed by atoms with Crippen LogP contribution in [0.15, 0.2) is 18.2 Å². The number of rotatable bonds is 5. The summed E-state index contributed by atoms with van der Waals surface area (Å²) in [7, 11) is 4.09. The summed E-state index contributed by atoms with van der Waals surface area (Å²) in [5, 5.41) is 12.3. The van der Waals surface area contributed by atoms with Crippen LogP contribution in [0.25, 0.3) is 0 Å².